The third kappa shape index (κ3) is 3.05. The van der Waals surface area contributed by atoms with Crippen LogP contribution < -0.4 is 10.6 Å². The Kier molecular flexibility index (Phi) is 4.07. The number of amides is 1. The molecule has 1 aromatic carbocycles. The van der Waals surface area contributed by atoms with E-state index in [2.05, 4.69) is 20.9 Å². The minimum absolute atomic E-state index is 0.249. The predicted molar refractivity (Wildman–Crippen MR) is 80.5 cm³/mol. The zero-order valence-corrected chi connectivity index (χ0v) is 12.4. The molecule has 2 rings (SSSR count). The molecule has 0 aliphatic heterocycles. The van der Waals surface area contributed by atoms with Crippen molar-refractivity contribution in [2.24, 2.45) is 0 Å². The summed E-state index contributed by atoms with van der Waals surface area (Å²) in [5, 5.41) is 0.521. The van der Waals surface area contributed by atoms with Crippen molar-refractivity contribution in [3.05, 3.63) is 51.7 Å². The quantitative estimate of drug-likeness (QED) is 0.853. The number of anilines is 2. The number of nitrogen functional groups attached to an aromatic ring is 1. The lowest BCUT2D eigenvalue weighted by Crippen LogP contribution is -2.27. The first-order chi connectivity index (χ1) is 8.99. The molecular weight excluding hydrogens is 330 g/mol. The average Bonchev–Trinajstić information content (AvgIpc) is 2.41. The molecule has 0 radical (unpaired) electrons. The summed E-state index contributed by atoms with van der Waals surface area (Å²) in [5.41, 5.74) is 7.23. The van der Waals surface area contributed by atoms with E-state index in [9.17, 15) is 4.79 Å². The SMILES string of the molecule is CN(C(=O)c1ccc(Br)cn1)c1cc(Cl)ccc1N. The largest absolute Gasteiger partial charge is 0.397 e. The minimum Gasteiger partial charge on any atom is -0.397 e. The Morgan fingerprint density at radius 3 is 2.74 bits per heavy atom. The van der Waals surface area contributed by atoms with Crippen molar-refractivity contribution >= 4 is 44.8 Å². The Morgan fingerprint density at radius 2 is 2.11 bits per heavy atom. The van der Waals surface area contributed by atoms with E-state index in [1.807, 2.05) is 0 Å². The fourth-order valence-electron chi connectivity index (χ4n) is 1.59. The van der Waals surface area contributed by atoms with Gasteiger partial charge in [0, 0.05) is 22.7 Å². The van der Waals surface area contributed by atoms with Gasteiger partial charge < -0.3 is 10.6 Å². The molecule has 98 valence electrons. The van der Waals surface area contributed by atoms with Crippen molar-refractivity contribution in [2.75, 3.05) is 17.7 Å². The maximum absolute atomic E-state index is 12.3. The Balaban J connectivity index is 2.33. The Labute approximate surface area is 124 Å². The summed E-state index contributed by atoms with van der Waals surface area (Å²) >= 11 is 9.19. The molecule has 0 spiro atoms. The van der Waals surface area contributed by atoms with Crippen LogP contribution in [0.1, 0.15) is 10.5 Å². The molecule has 4 nitrogen and oxygen atoms in total. The first-order valence-electron chi connectivity index (χ1n) is 5.43. The molecule has 6 heteroatoms. The molecule has 0 aliphatic rings. The monoisotopic (exact) mass is 339 g/mol. The van der Waals surface area contributed by atoms with Crippen LogP contribution in [0.5, 0.6) is 0 Å². The minimum atomic E-state index is -0.249. The summed E-state index contributed by atoms with van der Waals surface area (Å²) in [6, 6.07) is 8.39. The van der Waals surface area contributed by atoms with E-state index in [0.29, 0.717) is 22.1 Å². The topological polar surface area (TPSA) is 59.2 Å². The summed E-state index contributed by atoms with van der Waals surface area (Å²) in [5.74, 6) is -0.249. The number of hydrogen-bond acceptors (Lipinski definition) is 3. The molecular formula is C13H11BrClN3O. The number of hydrogen-bond donors (Lipinski definition) is 1. The van der Waals surface area contributed by atoms with E-state index >= 15 is 0 Å². The predicted octanol–water partition coefficient (Wildman–Crippen LogP) is 3.36. The summed E-state index contributed by atoms with van der Waals surface area (Å²) in [6.07, 6.45) is 1.57. The van der Waals surface area contributed by atoms with Crippen molar-refractivity contribution in [2.45, 2.75) is 0 Å². The first-order valence-corrected chi connectivity index (χ1v) is 6.61. The van der Waals surface area contributed by atoms with E-state index < -0.39 is 0 Å². The smallest absolute Gasteiger partial charge is 0.276 e. The highest BCUT2D eigenvalue weighted by Gasteiger charge is 2.17. The molecule has 0 bridgehead atoms. The van der Waals surface area contributed by atoms with Gasteiger partial charge in [-0.15, -0.1) is 0 Å². The second-order valence-corrected chi connectivity index (χ2v) is 5.28. The zero-order valence-electron chi connectivity index (χ0n) is 10.1. The summed E-state index contributed by atoms with van der Waals surface area (Å²) in [4.78, 5) is 17.8. The first kappa shape index (κ1) is 13.8. The molecule has 19 heavy (non-hydrogen) atoms. The third-order valence-electron chi connectivity index (χ3n) is 2.60. The van der Waals surface area contributed by atoms with Crippen LogP contribution in [0.25, 0.3) is 0 Å². The van der Waals surface area contributed by atoms with Gasteiger partial charge in [-0.25, -0.2) is 4.98 Å². The number of pyridine rings is 1. The van der Waals surface area contributed by atoms with E-state index in [-0.39, 0.29) is 5.91 Å². The Hall–Kier alpha value is -1.59. The molecule has 0 saturated heterocycles. The standard InChI is InChI=1S/C13H11BrClN3O/c1-18(12-6-9(15)3-4-10(12)16)13(19)11-5-2-8(14)7-17-11/h2-7H,16H2,1H3. The van der Waals surface area contributed by atoms with Crippen LogP contribution in [0.15, 0.2) is 41.0 Å². The second-order valence-electron chi connectivity index (χ2n) is 3.93. The normalized spacial score (nSPS) is 10.3. The fourth-order valence-corrected chi connectivity index (χ4v) is 1.99. The number of rotatable bonds is 2. The summed E-state index contributed by atoms with van der Waals surface area (Å²) in [6.45, 7) is 0. The number of nitrogens with zero attached hydrogens (tertiary/aromatic N) is 2. The maximum atomic E-state index is 12.3. The van der Waals surface area contributed by atoms with E-state index in [4.69, 9.17) is 17.3 Å². The maximum Gasteiger partial charge on any atom is 0.276 e. The van der Waals surface area contributed by atoms with E-state index in [1.165, 1.54) is 4.90 Å². The molecule has 0 atom stereocenters. The van der Waals surface area contributed by atoms with Gasteiger partial charge in [0.15, 0.2) is 0 Å². The molecule has 0 unspecified atom stereocenters. The Morgan fingerprint density at radius 1 is 1.37 bits per heavy atom. The van der Waals surface area contributed by atoms with Crippen molar-refractivity contribution in [1.29, 1.82) is 0 Å². The van der Waals surface area contributed by atoms with Gasteiger partial charge >= 0.3 is 0 Å². The lowest BCUT2D eigenvalue weighted by Gasteiger charge is -2.19. The highest BCUT2D eigenvalue weighted by atomic mass is 79.9. The zero-order chi connectivity index (χ0) is 14.0. The molecule has 1 heterocycles. The van der Waals surface area contributed by atoms with Gasteiger partial charge in [-0.2, -0.15) is 0 Å². The van der Waals surface area contributed by atoms with Crippen LogP contribution in [0.3, 0.4) is 0 Å². The van der Waals surface area contributed by atoms with Gasteiger partial charge in [-0.1, -0.05) is 11.6 Å². The Bertz CT molecular complexity index is 616. The van der Waals surface area contributed by atoms with Gasteiger partial charge in [-0.3, -0.25) is 4.79 Å². The summed E-state index contributed by atoms with van der Waals surface area (Å²) in [7, 11) is 1.63. The molecule has 1 aromatic heterocycles. The molecule has 0 saturated carbocycles. The van der Waals surface area contributed by atoms with Crippen LogP contribution in [-0.4, -0.2) is 17.9 Å². The van der Waals surface area contributed by atoms with Crippen LogP contribution in [0, 0.1) is 0 Å². The number of aromatic nitrogens is 1. The van der Waals surface area contributed by atoms with Gasteiger partial charge in [-0.05, 0) is 46.3 Å². The highest BCUT2D eigenvalue weighted by Crippen LogP contribution is 2.27. The fraction of sp³-hybridized carbons (Fsp3) is 0.0769. The lowest BCUT2D eigenvalue weighted by atomic mass is 10.2. The van der Waals surface area contributed by atoms with E-state index in [0.717, 1.165) is 4.47 Å². The van der Waals surface area contributed by atoms with Crippen molar-refractivity contribution in [1.82, 2.24) is 4.98 Å². The van der Waals surface area contributed by atoms with Crippen LogP contribution in [-0.2, 0) is 0 Å². The molecule has 1 amide bonds. The molecule has 2 aromatic rings. The summed E-state index contributed by atoms with van der Waals surface area (Å²) < 4.78 is 0.814. The number of benzene rings is 1. The van der Waals surface area contributed by atoms with E-state index in [1.54, 1.807) is 43.6 Å². The van der Waals surface area contributed by atoms with Crippen LogP contribution in [0.4, 0.5) is 11.4 Å². The number of carbonyl (C=O) groups is 1. The average molecular weight is 341 g/mol. The van der Waals surface area contributed by atoms with Gasteiger partial charge in [0.2, 0.25) is 0 Å². The number of nitrogens with two attached hydrogens (primary N) is 1. The molecule has 0 aliphatic carbocycles. The molecule has 2 N–H and O–H groups in total. The van der Waals surface area contributed by atoms with Crippen LogP contribution >= 0.6 is 27.5 Å². The number of carbonyl (C=O) groups excluding carboxylic acids is 1. The van der Waals surface area contributed by atoms with Crippen LogP contribution in [0.2, 0.25) is 5.02 Å². The van der Waals surface area contributed by atoms with Crippen molar-refractivity contribution in [3.63, 3.8) is 0 Å². The van der Waals surface area contributed by atoms with Gasteiger partial charge in [0.05, 0.1) is 11.4 Å². The van der Waals surface area contributed by atoms with Crippen molar-refractivity contribution < 1.29 is 4.79 Å². The van der Waals surface area contributed by atoms with Crippen molar-refractivity contribution in [3.8, 4) is 0 Å². The van der Waals surface area contributed by atoms with Gasteiger partial charge in [0.25, 0.3) is 5.91 Å². The third-order valence-corrected chi connectivity index (χ3v) is 3.31. The molecule has 0 fully saturated rings. The lowest BCUT2D eigenvalue weighted by molar-refractivity contribution is 0.0988. The second kappa shape index (κ2) is 5.59. The highest BCUT2D eigenvalue weighted by molar-refractivity contribution is 9.10. The van der Waals surface area contributed by atoms with Gasteiger partial charge in [0.1, 0.15) is 5.69 Å². The number of halogens is 2.